The molecule has 0 spiro atoms. The molecule has 2 heterocycles. The van der Waals surface area contributed by atoms with Crippen molar-refractivity contribution in [3.05, 3.63) is 93.4 Å². The van der Waals surface area contributed by atoms with E-state index in [0.29, 0.717) is 21.8 Å². The van der Waals surface area contributed by atoms with Crippen molar-refractivity contribution in [3.63, 3.8) is 0 Å². The van der Waals surface area contributed by atoms with Gasteiger partial charge in [0.05, 0.1) is 23.8 Å². The Hall–Kier alpha value is -2.65. The van der Waals surface area contributed by atoms with E-state index in [9.17, 15) is 13.2 Å². The van der Waals surface area contributed by atoms with Crippen molar-refractivity contribution in [2.45, 2.75) is 37.0 Å². The minimum Gasteiger partial charge on any atom is -0.340 e. The molecule has 0 amide bonds. The van der Waals surface area contributed by atoms with Crippen LogP contribution in [0.2, 0.25) is 5.02 Å². The maximum atomic E-state index is 13.9. The molecule has 4 rings (SSSR count). The summed E-state index contributed by atoms with van der Waals surface area (Å²) < 4.78 is 41.3. The van der Waals surface area contributed by atoms with Crippen LogP contribution in [-0.4, -0.2) is 32.2 Å². The normalized spacial score (nSPS) is 16.0. The highest BCUT2D eigenvalue weighted by Gasteiger charge is 2.46. The van der Waals surface area contributed by atoms with Crippen LogP contribution < -0.4 is 9.86 Å². The topological polar surface area (TPSA) is 88.7 Å². The molecular formula is C24H25ClN2O5S. The quantitative estimate of drug-likeness (QED) is 0.579. The summed E-state index contributed by atoms with van der Waals surface area (Å²) in [5, 5.41) is 0.378. The average molecular weight is 489 g/mol. The molecule has 2 aromatic carbocycles. The summed E-state index contributed by atoms with van der Waals surface area (Å²) in [5.74, 6) is -1.50. The van der Waals surface area contributed by atoms with Gasteiger partial charge in [-0.2, -0.15) is 0 Å². The monoisotopic (exact) mass is 488 g/mol. The van der Waals surface area contributed by atoms with Crippen molar-refractivity contribution in [2.75, 3.05) is 17.5 Å². The lowest BCUT2D eigenvalue weighted by Crippen LogP contribution is -2.47. The number of anilines is 1. The molecule has 7 nitrogen and oxygen atoms in total. The minimum atomic E-state index is -3.98. The van der Waals surface area contributed by atoms with Gasteiger partial charge in [-0.25, -0.2) is 8.42 Å². The van der Waals surface area contributed by atoms with Gasteiger partial charge in [0.25, 0.3) is 10.0 Å². The fraction of sp³-hybridized carbons (Fsp3) is 0.292. The molecule has 9 heteroatoms. The number of pyridine rings is 1. The van der Waals surface area contributed by atoms with Gasteiger partial charge >= 0.3 is 0 Å². The van der Waals surface area contributed by atoms with Crippen LogP contribution in [0.5, 0.6) is 0 Å². The second kappa shape index (κ2) is 8.61. The van der Waals surface area contributed by atoms with E-state index in [2.05, 4.69) is 4.98 Å². The van der Waals surface area contributed by atoms with Gasteiger partial charge in [0.15, 0.2) is 0 Å². The van der Waals surface area contributed by atoms with Gasteiger partial charge in [0, 0.05) is 34.0 Å². The van der Waals surface area contributed by atoms with Crippen LogP contribution in [0.1, 0.15) is 31.9 Å². The van der Waals surface area contributed by atoms with E-state index in [-0.39, 0.29) is 23.7 Å². The number of ether oxygens (including phenoxy) is 2. The van der Waals surface area contributed by atoms with Gasteiger partial charge in [-0.05, 0) is 57.2 Å². The van der Waals surface area contributed by atoms with E-state index < -0.39 is 21.3 Å². The van der Waals surface area contributed by atoms with Crippen LogP contribution in [0.15, 0.2) is 76.6 Å². The zero-order chi connectivity index (χ0) is 23.9. The van der Waals surface area contributed by atoms with E-state index in [1.807, 2.05) is 20.8 Å². The van der Waals surface area contributed by atoms with E-state index in [0.717, 1.165) is 0 Å². The van der Waals surface area contributed by atoms with Gasteiger partial charge in [-0.15, -0.1) is 0 Å². The second-order valence-corrected chi connectivity index (χ2v) is 10.9. The third-order valence-electron chi connectivity index (χ3n) is 5.27. The van der Waals surface area contributed by atoms with Crippen LogP contribution in [0.25, 0.3) is 0 Å². The molecular weight excluding hydrogens is 464 g/mol. The molecule has 1 N–H and O–H groups in total. The van der Waals surface area contributed by atoms with E-state index in [1.165, 1.54) is 16.6 Å². The molecule has 1 aliphatic heterocycles. The number of hydrogen-bond acceptors (Lipinski definition) is 5. The summed E-state index contributed by atoms with van der Waals surface area (Å²) >= 11 is 6.38. The lowest BCUT2D eigenvalue weighted by Gasteiger charge is -2.40. The Morgan fingerprint density at radius 1 is 1.00 bits per heavy atom. The number of rotatable bonds is 5. The molecule has 0 saturated carbocycles. The van der Waals surface area contributed by atoms with Crippen LogP contribution >= 0.6 is 11.6 Å². The van der Waals surface area contributed by atoms with Gasteiger partial charge < -0.3 is 14.5 Å². The van der Waals surface area contributed by atoms with Crippen molar-refractivity contribution in [2.24, 2.45) is 0 Å². The molecule has 1 aliphatic rings. The van der Waals surface area contributed by atoms with Crippen LogP contribution in [-0.2, 0) is 25.3 Å². The van der Waals surface area contributed by atoms with Crippen molar-refractivity contribution in [1.29, 1.82) is 0 Å². The smallest absolute Gasteiger partial charge is 0.264 e. The summed E-state index contributed by atoms with van der Waals surface area (Å²) in [5.41, 5.74) is -0.00609. The average Bonchev–Trinajstić information content (AvgIpc) is 3.26. The zero-order valence-electron chi connectivity index (χ0n) is 18.5. The number of halogens is 1. The Kier molecular flexibility index (Phi) is 6.13. The molecule has 0 atom stereocenters. The highest BCUT2D eigenvalue weighted by atomic mass is 35.5. The predicted molar refractivity (Wildman–Crippen MR) is 127 cm³/mol. The molecule has 0 radical (unpaired) electrons. The first-order chi connectivity index (χ1) is 15.6. The van der Waals surface area contributed by atoms with Gasteiger partial charge in [0.2, 0.25) is 11.3 Å². The van der Waals surface area contributed by atoms with Gasteiger partial charge in [-0.3, -0.25) is 9.10 Å². The van der Waals surface area contributed by atoms with Gasteiger partial charge in [0.1, 0.15) is 0 Å². The first-order valence-electron chi connectivity index (χ1n) is 10.4. The fourth-order valence-corrected chi connectivity index (χ4v) is 6.06. The third kappa shape index (κ3) is 4.31. The van der Waals surface area contributed by atoms with Crippen LogP contribution in [0.4, 0.5) is 5.69 Å². The third-order valence-corrected chi connectivity index (χ3v) is 7.60. The molecule has 1 fully saturated rings. The Morgan fingerprint density at radius 3 is 2.27 bits per heavy atom. The maximum Gasteiger partial charge on any atom is 0.264 e. The summed E-state index contributed by atoms with van der Waals surface area (Å²) in [7, 11) is -3.98. The SMILES string of the molecule is CC(C)(C)N(c1ccc(Cl)cc1C1(c2cc[nH]c(=O)c2)OCCO1)S(=O)(=O)c1ccccc1. The molecule has 33 heavy (non-hydrogen) atoms. The number of nitrogens with zero attached hydrogens (tertiary/aromatic N) is 1. The molecule has 0 aliphatic carbocycles. The largest absolute Gasteiger partial charge is 0.340 e. The highest BCUT2D eigenvalue weighted by Crippen LogP contribution is 2.46. The number of hydrogen-bond donors (Lipinski definition) is 1. The number of aromatic nitrogens is 1. The lowest BCUT2D eigenvalue weighted by molar-refractivity contribution is -0.129. The van der Waals surface area contributed by atoms with Gasteiger partial charge in [-0.1, -0.05) is 29.8 Å². The molecule has 174 valence electrons. The summed E-state index contributed by atoms with van der Waals surface area (Å²) in [4.78, 5) is 14.8. The second-order valence-electron chi connectivity index (χ2n) is 8.67. The number of benzene rings is 2. The lowest BCUT2D eigenvalue weighted by atomic mass is 9.95. The number of aromatic amines is 1. The Morgan fingerprint density at radius 2 is 1.67 bits per heavy atom. The molecule has 1 saturated heterocycles. The zero-order valence-corrected chi connectivity index (χ0v) is 20.1. The van der Waals surface area contributed by atoms with Crippen LogP contribution in [0, 0.1) is 0 Å². The molecule has 0 unspecified atom stereocenters. The Labute approximate surface area is 198 Å². The summed E-state index contributed by atoms with van der Waals surface area (Å²) in [6.07, 6.45) is 1.50. The Bertz CT molecular complexity index is 1310. The van der Waals surface area contributed by atoms with Crippen LogP contribution in [0.3, 0.4) is 0 Å². The first-order valence-corrected chi connectivity index (χ1v) is 12.3. The number of sulfonamides is 1. The summed E-state index contributed by atoms with van der Waals surface area (Å²) in [6, 6.07) is 16.2. The maximum absolute atomic E-state index is 13.9. The minimum absolute atomic E-state index is 0.152. The van der Waals surface area contributed by atoms with Crippen molar-refractivity contribution in [1.82, 2.24) is 4.98 Å². The first kappa shape index (κ1) is 23.5. The van der Waals surface area contributed by atoms with E-state index >= 15 is 0 Å². The molecule has 1 aromatic heterocycles. The fourth-order valence-electron chi connectivity index (χ4n) is 4.04. The molecule has 0 bridgehead atoms. The standard InChI is InChI=1S/C24H25ClN2O5S/c1-23(2,3)27(33(29,30)19-7-5-4-6-8-19)21-10-9-18(25)16-20(21)24(31-13-14-32-24)17-11-12-26-22(28)15-17/h4-12,15-16H,13-14H2,1-3H3,(H,26,28). The van der Waals surface area contributed by atoms with Crippen molar-refractivity contribution >= 4 is 27.3 Å². The molecule has 3 aromatic rings. The van der Waals surface area contributed by atoms with Crippen molar-refractivity contribution in [3.8, 4) is 0 Å². The predicted octanol–water partition coefficient (Wildman–Crippen LogP) is 4.27. The highest BCUT2D eigenvalue weighted by molar-refractivity contribution is 7.93. The number of H-pyrrole nitrogens is 1. The van der Waals surface area contributed by atoms with E-state index in [4.69, 9.17) is 21.1 Å². The Balaban J connectivity index is 2.02. The van der Waals surface area contributed by atoms with Crippen molar-refractivity contribution < 1.29 is 17.9 Å². The summed E-state index contributed by atoms with van der Waals surface area (Å²) in [6.45, 7) is 5.95. The van der Waals surface area contributed by atoms with E-state index in [1.54, 1.807) is 54.6 Å². The number of nitrogens with one attached hydrogen (secondary N) is 1.